The van der Waals surface area contributed by atoms with Gasteiger partial charge in [0, 0.05) is 6.20 Å². The zero-order valence-electron chi connectivity index (χ0n) is 6.54. The van der Waals surface area contributed by atoms with Crippen molar-refractivity contribution in [1.82, 2.24) is 4.98 Å². The first kappa shape index (κ1) is 7.95. The van der Waals surface area contributed by atoms with E-state index in [1.165, 1.54) is 0 Å². The lowest BCUT2D eigenvalue weighted by Crippen LogP contribution is -1.91. The molecule has 1 N–H and O–H groups in total. The number of aliphatic hydroxyl groups is 1. The number of aliphatic hydroxyl groups excluding tert-OH is 1. The third kappa shape index (κ3) is 1.65. The van der Waals surface area contributed by atoms with E-state index in [1.807, 2.05) is 13.0 Å². The maximum absolute atomic E-state index is 8.75. The summed E-state index contributed by atoms with van der Waals surface area (Å²) in [5.74, 6) is 0. The number of nitrogens with zero attached hydrogens (tertiary/aromatic N) is 1. The SMILES string of the molecule is C=Cc1cc(CO)ncc1C. The minimum Gasteiger partial charge on any atom is -0.390 e. The van der Waals surface area contributed by atoms with E-state index >= 15 is 0 Å². The second-order valence-electron chi connectivity index (χ2n) is 2.39. The minimum atomic E-state index is -0.0128. The Morgan fingerprint density at radius 2 is 2.45 bits per heavy atom. The van der Waals surface area contributed by atoms with Gasteiger partial charge in [0.25, 0.3) is 0 Å². The Morgan fingerprint density at radius 3 is 3.00 bits per heavy atom. The van der Waals surface area contributed by atoms with Gasteiger partial charge in [-0.1, -0.05) is 12.7 Å². The molecule has 58 valence electrons. The first-order chi connectivity index (χ1) is 5.27. The molecule has 0 aliphatic heterocycles. The normalized spacial score (nSPS) is 9.64. The smallest absolute Gasteiger partial charge is 0.0853 e. The highest BCUT2D eigenvalue weighted by Gasteiger charge is 1.96. The average Bonchev–Trinajstić information content (AvgIpc) is 2.05. The van der Waals surface area contributed by atoms with E-state index in [9.17, 15) is 0 Å². The monoisotopic (exact) mass is 149 g/mol. The summed E-state index contributed by atoms with van der Waals surface area (Å²) in [4.78, 5) is 4.01. The number of hydrogen-bond donors (Lipinski definition) is 1. The number of pyridine rings is 1. The summed E-state index contributed by atoms with van der Waals surface area (Å²) in [6.07, 6.45) is 3.50. The summed E-state index contributed by atoms with van der Waals surface area (Å²) < 4.78 is 0. The van der Waals surface area contributed by atoms with E-state index in [-0.39, 0.29) is 6.61 Å². The van der Waals surface area contributed by atoms with E-state index in [0.29, 0.717) is 5.69 Å². The molecule has 2 heteroatoms. The lowest BCUT2D eigenvalue weighted by molar-refractivity contribution is 0.277. The molecule has 11 heavy (non-hydrogen) atoms. The highest BCUT2D eigenvalue weighted by atomic mass is 16.3. The predicted octanol–water partition coefficient (Wildman–Crippen LogP) is 1.53. The van der Waals surface area contributed by atoms with Crippen molar-refractivity contribution in [3.8, 4) is 0 Å². The Morgan fingerprint density at radius 1 is 1.73 bits per heavy atom. The summed E-state index contributed by atoms with van der Waals surface area (Å²) in [5.41, 5.74) is 2.80. The fourth-order valence-corrected chi connectivity index (χ4v) is 0.891. The molecule has 0 saturated carbocycles. The summed E-state index contributed by atoms with van der Waals surface area (Å²) in [6.45, 7) is 5.61. The van der Waals surface area contributed by atoms with Crippen molar-refractivity contribution < 1.29 is 5.11 Å². The number of aromatic nitrogens is 1. The standard InChI is InChI=1S/C9H11NO/c1-3-8-4-9(6-11)10-5-7(8)2/h3-5,11H,1,6H2,2H3. The van der Waals surface area contributed by atoms with Crippen LogP contribution >= 0.6 is 0 Å². The molecule has 0 fully saturated rings. The predicted molar refractivity (Wildman–Crippen MR) is 45.0 cm³/mol. The summed E-state index contributed by atoms with van der Waals surface area (Å²) in [7, 11) is 0. The molecule has 0 bridgehead atoms. The fraction of sp³-hybridized carbons (Fsp3) is 0.222. The van der Waals surface area contributed by atoms with E-state index in [0.717, 1.165) is 11.1 Å². The molecule has 0 radical (unpaired) electrons. The molecular formula is C9H11NO. The van der Waals surface area contributed by atoms with Crippen LogP contribution in [0.5, 0.6) is 0 Å². The Kier molecular flexibility index (Phi) is 2.39. The van der Waals surface area contributed by atoms with Crippen LogP contribution in [-0.4, -0.2) is 10.1 Å². The molecule has 0 saturated heterocycles. The molecule has 1 rings (SSSR count). The molecule has 1 aromatic rings. The molecule has 0 aromatic carbocycles. The lowest BCUT2D eigenvalue weighted by Gasteiger charge is -2.00. The van der Waals surface area contributed by atoms with Crippen LogP contribution in [0.4, 0.5) is 0 Å². The lowest BCUT2D eigenvalue weighted by atomic mass is 10.1. The van der Waals surface area contributed by atoms with Gasteiger partial charge in [0.1, 0.15) is 0 Å². The summed E-state index contributed by atoms with van der Waals surface area (Å²) in [6, 6.07) is 1.84. The van der Waals surface area contributed by atoms with E-state index in [2.05, 4.69) is 11.6 Å². The maximum Gasteiger partial charge on any atom is 0.0853 e. The van der Waals surface area contributed by atoms with Gasteiger partial charge in [0.15, 0.2) is 0 Å². The second kappa shape index (κ2) is 3.30. The average molecular weight is 149 g/mol. The molecule has 0 aliphatic carbocycles. The molecule has 0 amide bonds. The third-order valence-corrected chi connectivity index (χ3v) is 1.58. The van der Waals surface area contributed by atoms with Crippen LogP contribution in [-0.2, 0) is 6.61 Å². The van der Waals surface area contributed by atoms with Gasteiger partial charge in [-0.25, -0.2) is 0 Å². The van der Waals surface area contributed by atoms with Gasteiger partial charge in [-0.15, -0.1) is 0 Å². The van der Waals surface area contributed by atoms with Crippen LogP contribution in [0.25, 0.3) is 6.08 Å². The van der Waals surface area contributed by atoms with Gasteiger partial charge in [-0.05, 0) is 24.1 Å². The molecule has 0 atom stereocenters. The van der Waals surface area contributed by atoms with E-state index < -0.39 is 0 Å². The Balaban J connectivity index is 3.12. The van der Waals surface area contributed by atoms with Crippen molar-refractivity contribution in [2.45, 2.75) is 13.5 Å². The maximum atomic E-state index is 8.75. The number of rotatable bonds is 2. The first-order valence-electron chi connectivity index (χ1n) is 3.46. The molecule has 0 spiro atoms. The van der Waals surface area contributed by atoms with Crippen LogP contribution in [0, 0.1) is 6.92 Å². The van der Waals surface area contributed by atoms with Crippen molar-refractivity contribution in [3.63, 3.8) is 0 Å². The zero-order valence-corrected chi connectivity index (χ0v) is 6.54. The van der Waals surface area contributed by atoms with Crippen molar-refractivity contribution >= 4 is 6.08 Å². The highest BCUT2D eigenvalue weighted by molar-refractivity contribution is 5.51. The van der Waals surface area contributed by atoms with Crippen LogP contribution in [0.1, 0.15) is 16.8 Å². The molecule has 1 aromatic heterocycles. The quantitative estimate of drug-likeness (QED) is 0.691. The Hall–Kier alpha value is -1.15. The Labute approximate surface area is 66.2 Å². The molecule has 2 nitrogen and oxygen atoms in total. The van der Waals surface area contributed by atoms with Crippen LogP contribution in [0.3, 0.4) is 0 Å². The topological polar surface area (TPSA) is 33.1 Å². The van der Waals surface area contributed by atoms with Crippen molar-refractivity contribution in [2.24, 2.45) is 0 Å². The van der Waals surface area contributed by atoms with Gasteiger partial charge in [0.2, 0.25) is 0 Å². The number of aryl methyl sites for hydroxylation is 1. The van der Waals surface area contributed by atoms with Crippen LogP contribution in [0.15, 0.2) is 18.8 Å². The summed E-state index contributed by atoms with van der Waals surface area (Å²) in [5, 5.41) is 8.75. The molecule has 0 unspecified atom stereocenters. The van der Waals surface area contributed by atoms with Gasteiger partial charge in [-0.2, -0.15) is 0 Å². The number of hydrogen-bond acceptors (Lipinski definition) is 2. The molecular weight excluding hydrogens is 138 g/mol. The highest BCUT2D eigenvalue weighted by Crippen LogP contribution is 2.09. The first-order valence-corrected chi connectivity index (χ1v) is 3.46. The Bertz CT molecular complexity index is 268. The fourth-order valence-electron chi connectivity index (χ4n) is 0.891. The van der Waals surface area contributed by atoms with Crippen molar-refractivity contribution in [2.75, 3.05) is 0 Å². The molecule has 1 heterocycles. The zero-order chi connectivity index (χ0) is 8.27. The van der Waals surface area contributed by atoms with Gasteiger partial charge >= 0.3 is 0 Å². The second-order valence-corrected chi connectivity index (χ2v) is 2.39. The largest absolute Gasteiger partial charge is 0.390 e. The van der Waals surface area contributed by atoms with Crippen molar-refractivity contribution in [1.29, 1.82) is 0 Å². The van der Waals surface area contributed by atoms with Gasteiger partial charge in [-0.3, -0.25) is 4.98 Å². The van der Waals surface area contributed by atoms with Crippen LogP contribution in [0.2, 0.25) is 0 Å². The van der Waals surface area contributed by atoms with Gasteiger partial charge in [0.05, 0.1) is 12.3 Å². The van der Waals surface area contributed by atoms with Gasteiger partial charge < -0.3 is 5.11 Å². The molecule has 0 aliphatic rings. The summed E-state index contributed by atoms with van der Waals surface area (Å²) >= 11 is 0. The van der Waals surface area contributed by atoms with Crippen LogP contribution < -0.4 is 0 Å². The van der Waals surface area contributed by atoms with Crippen molar-refractivity contribution in [3.05, 3.63) is 35.7 Å². The third-order valence-electron chi connectivity index (χ3n) is 1.58. The van der Waals surface area contributed by atoms with E-state index in [1.54, 1.807) is 12.3 Å². The van der Waals surface area contributed by atoms with E-state index in [4.69, 9.17) is 5.11 Å². The minimum absolute atomic E-state index is 0.0128.